The highest BCUT2D eigenvalue weighted by molar-refractivity contribution is 5.89. The summed E-state index contributed by atoms with van der Waals surface area (Å²) in [4.78, 5) is 36.7. The van der Waals surface area contributed by atoms with E-state index in [4.69, 9.17) is 5.11 Å². The number of aromatic amines is 1. The summed E-state index contributed by atoms with van der Waals surface area (Å²) in [6.07, 6.45) is 0.567. The van der Waals surface area contributed by atoms with Crippen molar-refractivity contribution in [2.45, 2.75) is 19.4 Å². The second-order valence-electron chi connectivity index (χ2n) is 4.74. The molecule has 2 aromatic rings. The van der Waals surface area contributed by atoms with Gasteiger partial charge in [0, 0.05) is 30.4 Å². The lowest BCUT2D eigenvalue weighted by atomic mass is 10.0. The molecule has 1 unspecified atom stereocenters. The molecule has 0 spiro atoms. The summed E-state index contributed by atoms with van der Waals surface area (Å²) >= 11 is 0. The van der Waals surface area contributed by atoms with Crippen molar-refractivity contribution < 1.29 is 19.5 Å². The summed E-state index contributed by atoms with van der Waals surface area (Å²) in [7, 11) is 0. The zero-order chi connectivity index (χ0) is 16.1. The van der Waals surface area contributed by atoms with E-state index in [0.717, 1.165) is 16.5 Å². The number of hydrazine groups is 1. The maximum atomic E-state index is 12.0. The average molecular weight is 304 g/mol. The Bertz CT molecular complexity index is 710. The van der Waals surface area contributed by atoms with E-state index in [2.05, 4.69) is 21.2 Å². The highest BCUT2D eigenvalue weighted by Gasteiger charge is 2.22. The predicted molar refractivity (Wildman–Crippen MR) is 78.9 cm³/mol. The topological polar surface area (TPSA) is 123 Å². The molecule has 116 valence electrons. The number of hydrogen-bond donors (Lipinski definition) is 5. The van der Waals surface area contributed by atoms with Gasteiger partial charge in [0.05, 0.1) is 0 Å². The highest BCUT2D eigenvalue weighted by Crippen LogP contribution is 2.19. The first kappa shape index (κ1) is 15.4. The number of nitrogens with one attached hydrogen (secondary N) is 4. The lowest BCUT2D eigenvalue weighted by Gasteiger charge is -2.16. The molecule has 8 nitrogen and oxygen atoms in total. The van der Waals surface area contributed by atoms with Gasteiger partial charge in [0.25, 0.3) is 5.91 Å². The highest BCUT2D eigenvalue weighted by atomic mass is 16.4. The Morgan fingerprint density at radius 2 is 1.95 bits per heavy atom. The Kier molecular flexibility index (Phi) is 4.62. The Labute approximate surface area is 125 Å². The predicted octanol–water partition coefficient (Wildman–Crippen LogP) is 0.514. The fourth-order valence-electron chi connectivity index (χ4n) is 2.12. The smallest absolute Gasteiger partial charge is 0.405 e. The molecule has 0 bridgehead atoms. The zero-order valence-electron chi connectivity index (χ0n) is 11.8. The number of H-pyrrole nitrogens is 1. The Morgan fingerprint density at radius 3 is 2.64 bits per heavy atom. The number of fused-ring (bicyclic) bond motifs is 1. The summed E-state index contributed by atoms with van der Waals surface area (Å²) in [6.45, 7) is 1.24. The number of amides is 3. The fraction of sp³-hybridized carbons (Fsp3) is 0.214. The minimum atomic E-state index is -1.32. The van der Waals surface area contributed by atoms with Crippen LogP contribution in [-0.2, 0) is 16.0 Å². The van der Waals surface area contributed by atoms with Crippen molar-refractivity contribution in [2.24, 2.45) is 0 Å². The van der Waals surface area contributed by atoms with Crippen molar-refractivity contribution in [3.63, 3.8) is 0 Å². The van der Waals surface area contributed by atoms with Gasteiger partial charge in [-0.3, -0.25) is 20.4 Å². The number of aromatic nitrogens is 1. The summed E-state index contributed by atoms with van der Waals surface area (Å²) in [5, 5.41) is 11.9. The van der Waals surface area contributed by atoms with Crippen LogP contribution in [0.4, 0.5) is 4.79 Å². The lowest BCUT2D eigenvalue weighted by Crippen LogP contribution is -2.52. The minimum Gasteiger partial charge on any atom is -0.465 e. The van der Waals surface area contributed by atoms with Crippen LogP contribution < -0.4 is 16.2 Å². The Hall–Kier alpha value is -3.03. The zero-order valence-corrected chi connectivity index (χ0v) is 11.8. The van der Waals surface area contributed by atoms with Crippen molar-refractivity contribution >= 4 is 28.8 Å². The molecule has 0 aliphatic rings. The molecule has 22 heavy (non-hydrogen) atoms. The molecule has 0 fully saturated rings. The summed E-state index contributed by atoms with van der Waals surface area (Å²) in [5.41, 5.74) is 6.01. The Balaban J connectivity index is 2.17. The third-order valence-corrected chi connectivity index (χ3v) is 3.07. The van der Waals surface area contributed by atoms with Gasteiger partial charge in [0.1, 0.15) is 6.04 Å². The van der Waals surface area contributed by atoms with E-state index >= 15 is 0 Å². The van der Waals surface area contributed by atoms with E-state index in [1.165, 1.54) is 6.92 Å². The van der Waals surface area contributed by atoms with Gasteiger partial charge < -0.3 is 15.4 Å². The number of hydrogen-bond acceptors (Lipinski definition) is 3. The number of rotatable bonds is 4. The molecule has 8 heteroatoms. The molecule has 1 aromatic heterocycles. The number of carboxylic acid groups (broad SMARTS) is 1. The molecule has 0 radical (unpaired) electrons. The van der Waals surface area contributed by atoms with Gasteiger partial charge in [0.15, 0.2) is 0 Å². The van der Waals surface area contributed by atoms with Crippen molar-refractivity contribution in [3.05, 3.63) is 36.0 Å². The normalized spacial score (nSPS) is 11.7. The van der Waals surface area contributed by atoms with Crippen molar-refractivity contribution in [2.75, 3.05) is 0 Å². The largest absolute Gasteiger partial charge is 0.465 e. The van der Waals surface area contributed by atoms with Gasteiger partial charge in [-0.05, 0) is 11.6 Å². The molecule has 0 saturated heterocycles. The van der Waals surface area contributed by atoms with Gasteiger partial charge >= 0.3 is 6.09 Å². The maximum Gasteiger partial charge on any atom is 0.405 e. The first-order valence-corrected chi connectivity index (χ1v) is 6.58. The average Bonchev–Trinajstić information content (AvgIpc) is 2.87. The molecule has 1 heterocycles. The quantitative estimate of drug-likeness (QED) is 0.528. The standard InChI is InChI=1S/C14H16N4O4/c1-8(19)17-18-13(20)12(16-14(21)22)6-9-7-15-11-5-3-2-4-10(9)11/h2-5,7,12,15-16H,6H2,1H3,(H,17,19)(H,18,20)(H,21,22). The fourth-order valence-corrected chi connectivity index (χ4v) is 2.12. The third kappa shape index (κ3) is 3.75. The van der Waals surface area contributed by atoms with Crippen LogP contribution in [-0.4, -0.2) is 34.0 Å². The van der Waals surface area contributed by atoms with Crippen molar-refractivity contribution in [1.82, 2.24) is 21.2 Å². The molecule has 1 aromatic carbocycles. The second kappa shape index (κ2) is 6.61. The van der Waals surface area contributed by atoms with Crippen molar-refractivity contribution in [3.8, 4) is 0 Å². The lowest BCUT2D eigenvalue weighted by molar-refractivity contribution is -0.129. The van der Waals surface area contributed by atoms with E-state index < -0.39 is 23.9 Å². The van der Waals surface area contributed by atoms with Gasteiger partial charge in [-0.1, -0.05) is 18.2 Å². The number of benzene rings is 1. The van der Waals surface area contributed by atoms with Crippen LogP contribution in [0.5, 0.6) is 0 Å². The van der Waals surface area contributed by atoms with Gasteiger partial charge in [-0.25, -0.2) is 4.79 Å². The van der Waals surface area contributed by atoms with E-state index in [-0.39, 0.29) is 6.42 Å². The van der Waals surface area contributed by atoms with Crippen LogP contribution >= 0.6 is 0 Å². The molecule has 0 saturated carbocycles. The van der Waals surface area contributed by atoms with Crippen LogP contribution in [0.1, 0.15) is 12.5 Å². The molecule has 1 atom stereocenters. The minimum absolute atomic E-state index is 0.154. The van der Waals surface area contributed by atoms with E-state index in [9.17, 15) is 14.4 Å². The van der Waals surface area contributed by atoms with Crippen LogP contribution in [0.25, 0.3) is 10.9 Å². The first-order valence-electron chi connectivity index (χ1n) is 6.58. The maximum absolute atomic E-state index is 12.0. The second-order valence-corrected chi connectivity index (χ2v) is 4.74. The molecule has 5 N–H and O–H groups in total. The van der Waals surface area contributed by atoms with Crippen LogP contribution in [0.15, 0.2) is 30.5 Å². The first-order chi connectivity index (χ1) is 10.5. The molecule has 2 rings (SSSR count). The van der Waals surface area contributed by atoms with Crippen LogP contribution in [0.2, 0.25) is 0 Å². The molecular weight excluding hydrogens is 288 g/mol. The van der Waals surface area contributed by atoms with Crippen LogP contribution in [0, 0.1) is 0 Å². The Morgan fingerprint density at radius 1 is 1.23 bits per heavy atom. The summed E-state index contributed by atoms with van der Waals surface area (Å²) in [6, 6.07) is 6.47. The number of para-hydroxylation sites is 1. The van der Waals surface area contributed by atoms with Gasteiger partial charge in [0.2, 0.25) is 5.91 Å². The third-order valence-electron chi connectivity index (χ3n) is 3.07. The number of carbonyl (C=O) groups is 3. The molecular formula is C14H16N4O4. The van der Waals surface area contributed by atoms with E-state index in [1.807, 2.05) is 24.3 Å². The van der Waals surface area contributed by atoms with E-state index in [0.29, 0.717) is 0 Å². The molecule has 0 aliphatic carbocycles. The van der Waals surface area contributed by atoms with Crippen molar-refractivity contribution in [1.29, 1.82) is 0 Å². The monoisotopic (exact) mass is 304 g/mol. The molecule has 3 amide bonds. The van der Waals surface area contributed by atoms with Gasteiger partial charge in [-0.2, -0.15) is 0 Å². The van der Waals surface area contributed by atoms with E-state index in [1.54, 1.807) is 6.20 Å². The van der Waals surface area contributed by atoms with Gasteiger partial charge in [-0.15, -0.1) is 0 Å². The summed E-state index contributed by atoms with van der Waals surface area (Å²) in [5.74, 6) is -1.09. The van der Waals surface area contributed by atoms with Crippen LogP contribution in [0.3, 0.4) is 0 Å². The number of carbonyl (C=O) groups excluding carboxylic acids is 2. The summed E-state index contributed by atoms with van der Waals surface area (Å²) < 4.78 is 0. The molecule has 0 aliphatic heterocycles. The SMILES string of the molecule is CC(=O)NNC(=O)C(Cc1c[nH]c2ccccc12)NC(=O)O.